The van der Waals surface area contributed by atoms with Gasteiger partial charge < -0.3 is 10.0 Å². The zero-order chi connectivity index (χ0) is 25.5. The number of hydrogen-bond donors (Lipinski definition) is 2. The Labute approximate surface area is 205 Å². The smallest absolute Gasteiger partial charge is 0.270 e. The molecule has 1 fully saturated rings. The molecule has 1 saturated heterocycles. The molecule has 3 heterocycles. The predicted octanol–water partition coefficient (Wildman–Crippen LogP) is 3.57. The summed E-state index contributed by atoms with van der Waals surface area (Å²) in [5, 5.41) is 18.4. The molecule has 8 nitrogen and oxygen atoms in total. The van der Waals surface area contributed by atoms with Gasteiger partial charge >= 0.3 is 0 Å². The van der Waals surface area contributed by atoms with Crippen LogP contribution < -0.4 is 5.56 Å². The number of alkyl halides is 2. The number of hydrogen-bond acceptors (Lipinski definition) is 5. The van der Waals surface area contributed by atoms with Crippen molar-refractivity contribution in [2.75, 3.05) is 13.1 Å². The third kappa shape index (κ3) is 4.51. The Kier molecular flexibility index (Phi) is 5.91. The fourth-order valence-corrected chi connectivity index (χ4v) is 4.55. The number of benzene rings is 2. The number of rotatable bonds is 5. The van der Waals surface area contributed by atoms with Crippen molar-refractivity contribution in [3.8, 4) is 11.4 Å². The monoisotopic (exact) mass is 493 g/mol. The summed E-state index contributed by atoms with van der Waals surface area (Å²) < 4.78 is 28.4. The standard InChI is InChI=1S/C26H25F2N5O3/c1-25(27,28)19-9-7-18(8-10-19)23(34)32-13-11-26(36,12-14-32)16-33-22(17-5-3-2-4-6-17)30-21-20(24(33)35)15-29-31-21/h2-10,15,36H,11-14,16H2,1H3,(H,29,31). The molecule has 2 aromatic carbocycles. The second kappa shape index (κ2) is 8.94. The molecule has 36 heavy (non-hydrogen) atoms. The van der Waals surface area contributed by atoms with Crippen LogP contribution in [0.5, 0.6) is 0 Å². The summed E-state index contributed by atoms with van der Waals surface area (Å²) in [5.74, 6) is -2.85. The van der Waals surface area contributed by atoms with Crippen molar-refractivity contribution in [2.24, 2.45) is 0 Å². The van der Waals surface area contributed by atoms with E-state index in [1.54, 1.807) is 4.90 Å². The number of amides is 1. The minimum absolute atomic E-state index is 0.00644. The lowest BCUT2D eigenvalue weighted by atomic mass is 9.90. The Balaban J connectivity index is 1.36. The van der Waals surface area contributed by atoms with Crippen LogP contribution in [0.1, 0.15) is 35.7 Å². The number of aromatic nitrogens is 4. The molecular weight excluding hydrogens is 468 g/mol. The van der Waals surface area contributed by atoms with Crippen LogP contribution in [0.3, 0.4) is 0 Å². The predicted molar refractivity (Wildman–Crippen MR) is 130 cm³/mol. The van der Waals surface area contributed by atoms with E-state index in [2.05, 4.69) is 15.2 Å². The molecule has 1 amide bonds. The summed E-state index contributed by atoms with van der Waals surface area (Å²) in [5.41, 5.74) is -0.303. The van der Waals surface area contributed by atoms with E-state index in [9.17, 15) is 23.5 Å². The SMILES string of the molecule is CC(F)(F)c1ccc(C(=O)N2CCC(O)(Cn3c(-c4ccccc4)nc4[nH]ncc4c3=O)CC2)cc1. The molecule has 0 unspecified atom stereocenters. The van der Waals surface area contributed by atoms with Crippen molar-refractivity contribution < 1.29 is 18.7 Å². The fourth-order valence-electron chi connectivity index (χ4n) is 4.55. The summed E-state index contributed by atoms with van der Waals surface area (Å²) in [6.45, 7) is 1.34. The molecule has 2 N–H and O–H groups in total. The lowest BCUT2D eigenvalue weighted by Crippen LogP contribution is -2.50. The third-order valence-corrected chi connectivity index (χ3v) is 6.67. The average molecular weight is 494 g/mol. The highest BCUT2D eigenvalue weighted by Crippen LogP contribution is 2.29. The molecule has 0 bridgehead atoms. The Morgan fingerprint density at radius 1 is 1.11 bits per heavy atom. The molecule has 5 rings (SSSR count). The van der Waals surface area contributed by atoms with Gasteiger partial charge in [0.2, 0.25) is 0 Å². The maximum absolute atomic E-state index is 13.5. The minimum Gasteiger partial charge on any atom is -0.388 e. The first kappa shape index (κ1) is 23.8. The number of likely N-dealkylation sites (tertiary alicyclic amines) is 1. The number of carbonyl (C=O) groups excluding carboxylic acids is 1. The summed E-state index contributed by atoms with van der Waals surface area (Å²) in [6, 6.07) is 14.5. The van der Waals surface area contributed by atoms with Gasteiger partial charge in [-0.1, -0.05) is 42.5 Å². The number of fused-ring (bicyclic) bond motifs is 1. The summed E-state index contributed by atoms with van der Waals surface area (Å²) in [6.07, 6.45) is 1.91. The van der Waals surface area contributed by atoms with E-state index in [4.69, 9.17) is 0 Å². The normalized spacial score (nSPS) is 15.8. The van der Waals surface area contributed by atoms with Crippen molar-refractivity contribution in [1.82, 2.24) is 24.6 Å². The number of nitrogens with zero attached hydrogens (tertiary/aromatic N) is 4. The van der Waals surface area contributed by atoms with Crippen LogP contribution in [0.2, 0.25) is 0 Å². The van der Waals surface area contributed by atoms with E-state index in [1.165, 1.54) is 35.0 Å². The highest BCUT2D eigenvalue weighted by molar-refractivity contribution is 5.94. The van der Waals surface area contributed by atoms with E-state index in [0.29, 0.717) is 22.4 Å². The van der Waals surface area contributed by atoms with Crippen LogP contribution in [0.4, 0.5) is 8.78 Å². The Morgan fingerprint density at radius 3 is 2.42 bits per heavy atom. The molecule has 1 aliphatic heterocycles. The van der Waals surface area contributed by atoms with Crippen molar-refractivity contribution in [3.05, 3.63) is 82.3 Å². The lowest BCUT2D eigenvalue weighted by molar-refractivity contribution is -0.0296. The minimum atomic E-state index is -2.98. The molecule has 0 saturated carbocycles. The molecule has 4 aromatic rings. The first-order chi connectivity index (χ1) is 17.1. The van der Waals surface area contributed by atoms with E-state index < -0.39 is 11.5 Å². The number of aliphatic hydroxyl groups is 1. The summed E-state index contributed by atoms with van der Waals surface area (Å²) >= 11 is 0. The van der Waals surface area contributed by atoms with Gasteiger partial charge in [-0.05, 0) is 25.0 Å². The Morgan fingerprint density at radius 2 is 1.78 bits per heavy atom. The zero-order valence-electron chi connectivity index (χ0n) is 19.6. The van der Waals surface area contributed by atoms with E-state index >= 15 is 0 Å². The van der Waals surface area contributed by atoms with Crippen LogP contribution in [0.25, 0.3) is 22.4 Å². The van der Waals surface area contributed by atoms with E-state index in [-0.39, 0.29) is 49.5 Å². The number of H-pyrrole nitrogens is 1. The maximum atomic E-state index is 13.5. The lowest BCUT2D eigenvalue weighted by Gasteiger charge is -2.38. The van der Waals surface area contributed by atoms with Gasteiger partial charge in [0, 0.05) is 36.7 Å². The number of carbonyl (C=O) groups is 1. The van der Waals surface area contributed by atoms with Crippen LogP contribution in [-0.2, 0) is 12.5 Å². The fraction of sp³-hybridized carbons (Fsp3) is 0.308. The van der Waals surface area contributed by atoms with Gasteiger partial charge in [-0.3, -0.25) is 19.3 Å². The van der Waals surface area contributed by atoms with Crippen molar-refractivity contribution >= 4 is 16.9 Å². The molecule has 0 aliphatic carbocycles. The molecule has 0 spiro atoms. The van der Waals surface area contributed by atoms with Crippen molar-refractivity contribution in [3.63, 3.8) is 0 Å². The van der Waals surface area contributed by atoms with Crippen molar-refractivity contribution in [1.29, 1.82) is 0 Å². The second-order valence-corrected chi connectivity index (χ2v) is 9.31. The van der Waals surface area contributed by atoms with E-state index in [0.717, 1.165) is 12.5 Å². The number of halogens is 2. The third-order valence-electron chi connectivity index (χ3n) is 6.67. The van der Waals surface area contributed by atoms with Crippen molar-refractivity contribution in [2.45, 2.75) is 37.8 Å². The molecule has 186 valence electrons. The van der Waals surface area contributed by atoms with Crippen LogP contribution in [-0.4, -0.2) is 54.4 Å². The zero-order valence-corrected chi connectivity index (χ0v) is 19.6. The topological polar surface area (TPSA) is 104 Å². The largest absolute Gasteiger partial charge is 0.388 e. The van der Waals surface area contributed by atoms with Gasteiger partial charge in [0.25, 0.3) is 17.4 Å². The maximum Gasteiger partial charge on any atom is 0.270 e. The summed E-state index contributed by atoms with van der Waals surface area (Å²) in [4.78, 5) is 32.4. The number of aromatic amines is 1. The highest BCUT2D eigenvalue weighted by atomic mass is 19.3. The Hall–Kier alpha value is -3.92. The molecule has 0 atom stereocenters. The van der Waals surface area contributed by atoms with Gasteiger partial charge in [-0.2, -0.15) is 5.10 Å². The molecular formula is C26H25F2N5O3. The molecule has 0 radical (unpaired) electrons. The first-order valence-electron chi connectivity index (χ1n) is 11.6. The van der Waals surface area contributed by atoms with Gasteiger partial charge in [-0.15, -0.1) is 0 Å². The number of piperidine rings is 1. The summed E-state index contributed by atoms with van der Waals surface area (Å²) in [7, 11) is 0. The quantitative estimate of drug-likeness (QED) is 0.443. The van der Waals surface area contributed by atoms with E-state index in [1.807, 2.05) is 30.3 Å². The van der Waals surface area contributed by atoms with Crippen LogP contribution >= 0.6 is 0 Å². The first-order valence-corrected chi connectivity index (χ1v) is 11.6. The average Bonchev–Trinajstić information content (AvgIpc) is 3.35. The molecule has 2 aromatic heterocycles. The van der Waals surface area contributed by atoms with Crippen LogP contribution in [0.15, 0.2) is 65.6 Å². The highest BCUT2D eigenvalue weighted by Gasteiger charge is 2.36. The van der Waals surface area contributed by atoms with Gasteiger partial charge in [0.15, 0.2) is 5.65 Å². The number of nitrogens with one attached hydrogen (secondary N) is 1. The van der Waals surface area contributed by atoms with Gasteiger partial charge in [0.1, 0.15) is 11.2 Å². The molecule has 1 aliphatic rings. The molecule has 10 heteroatoms. The Bertz CT molecular complexity index is 1450. The van der Waals surface area contributed by atoms with Crippen LogP contribution in [0, 0.1) is 0 Å². The van der Waals surface area contributed by atoms with Gasteiger partial charge in [-0.25, -0.2) is 13.8 Å². The second-order valence-electron chi connectivity index (χ2n) is 9.31. The van der Waals surface area contributed by atoms with Gasteiger partial charge in [0.05, 0.1) is 18.3 Å².